The molecule has 0 spiro atoms. The monoisotopic (exact) mass is 791 g/mol. The molecule has 0 radical (unpaired) electrons. The van der Waals surface area contributed by atoms with Gasteiger partial charge in [-0.05, 0) is 82.9 Å². The van der Waals surface area contributed by atoms with Crippen LogP contribution in [0.25, 0.3) is 111 Å². The number of fused-ring (bicyclic) bond motifs is 6. The van der Waals surface area contributed by atoms with Crippen LogP contribution in [0.2, 0.25) is 0 Å². The molecular formula is C57H37N5. The van der Waals surface area contributed by atoms with Crippen LogP contribution in [0.1, 0.15) is 0 Å². The quantitative estimate of drug-likeness (QED) is 0.162. The lowest BCUT2D eigenvalue weighted by Gasteiger charge is -2.12. The average Bonchev–Trinajstić information content (AvgIpc) is 3.87. The maximum Gasteiger partial charge on any atom is 0.164 e. The van der Waals surface area contributed by atoms with Crippen LogP contribution < -0.4 is 0 Å². The fourth-order valence-corrected chi connectivity index (χ4v) is 9.06. The van der Waals surface area contributed by atoms with Crippen molar-refractivity contribution in [3.05, 3.63) is 224 Å². The molecule has 9 aromatic carbocycles. The van der Waals surface area contributed by atoms with Gasteiger partial charge in [-0.2, -0.15) is 0 Å². The molecule has 0 unspecified atom stereocenters. The van der Waals surface area contributed by atoms with E-state index in [9.17, 15) is 0 Å². The van der Waals surface area contributed by atoms with Gasteiger partial charge < -0.3 is 9.13 Å². The molecule has 12 rings (SSSR count). The Hall–Kier alpha value is -8.41. The first-order chi connectivity index (χ1) is 30.7. The second kappa shape index (κ2) is 14.7. The lowest BCUT2D eigenvalue weighted by molar-refractivity contribution is 1.07. The van der Waals surface area contributed by atoms with Crippen LogP contribution in [0.15, 0.2) is 224 Å². The maximum absolute atomic E-state index is 5.20. The summed E-state index contributed by atoms with van der Waals surface area (Å²) in [6.07, 6.45) is 0. The third-order valence-corrected chi connectivity index (χ3v) is 11.9. The third-order valence-electron chi connectivity index (χ3n) is 11.9. The van der Waals surface area contributed by atoms with Gasteiger partial charge in [0.25, 0.3) is 0 Å². The van der Waals surface area contributed by atoms with E-state index in [0.29, 0.717) is 17.5 Å². The number of para-hydroxylation sites is 3. The second-order valence-electron chi connectivity index (χ2n) is 15.7. The standard InChI is InChI=1S/C57H37N5/c1-3-16-38(17-4-1)40-20-13-21-41(34-40)42-22-14-23-43(35-42)56-58-55(39-18-5-2-6-19-39)59-57(60-56)44-24-15-25-45(36-44)61-53-31-12-9-28-49(53)50-37-46(32-33-54(50)61)62-51-29-10-7-26-47(51)48-27-8-11-30-52(48)62/h1-37H. The molecule has 3 aromatic heterocycles. The zero-order chi connectivity index (χ0) is 41.0. The molecule has 5 nitrogen and oxygen atoms in total. The van der Waals surface area contributed by atoms with Crippen LogP contribution in [0.5, 0.6) is 0 Å². The molecule has 5 heteroatoms. The van der Waals surface area contributed by atoms with E-state index in [4.69, 9.17) is 15.0 Å². The number of hydrogen-bond donors (Lipinski definition) is 0. The molecular weight excluding hydrogens is 755 g/mol. The summed E-state index contributed by atoms with van der Waals surface area (Å²) < 4.78 is 4.74. The minimum absolute atomic E-state index is 0.613. The summed E-state index contributed by atoms with van der Waals surface area (Å²) in [6, 6.07) is 79.3. The van der Waals surface area contributed by atoms with Crippen molar-refractivity contribution >= 4 is 43.6 Å². The van der Waals surface area contributed by atoms with Crippen molar-refractivity contribution in [3.63, 3.8) is 0 Å². The van der Waals surface area contributed by atoms with E-state index in [2.05, 4.69) is 209 Å². The van der Waals surface area contributed by atoms with Gasteiger partial charge >= 0.3 is 0 Å². The van der Waals surface area contributed by atoms with Gasteiger partial charge in [0, 0.05) is 49.6 Å². The SMILES string of the molecule is c1ccc(-c2cccc(-c3cccc(-c4nc(-c5ccccc5)nc(-c5cccc(-n6c7ccccc7c7cc(-n8c9ccccc9c9ccccc98)ccc76)c5)n4)c3)c2)cc1. The van der Waals surface area contributed by atoms with Crippen LogP contribution in [0.4, 0.5) is 0 Å². The van der Waals surface area contributed by atoms with Crippen molar-refractivity contribution in [2.24, 2.45) is 0 Å². The van der Waals surface area contributed by atoms with Crippen LogP contribution in [-0.2, 0) is 0 Å². The van der Waals surface area contributed by atoms with E-state index in [1.807, 2.05) is 24.3 Å². The first kappa shape index (κ1) is 35.5. The summed E-state index contributed by atoms with van der Waals surface area (Å²) in [7, 11) is 0. The first-order valence-electron chi connectivity index (χ1n) is 20.9. The Kier molecular flexibility index (Phi) is 8.42. The largest absolute Gasteiger partial charge is 0.309 e. The lowest BCUT2D eigenvalue weighted by Crippen LogP contribution is -2.01. The summed E-state index contributed by atoms with van der Waals surface area (Å²) in [4.78, 5) is 15.4. The third kappa shape index (κ3) is 6.06. The van der Waals surface area contributed by atoms with Gasteiger partial charge in [0.1, 0.15) is 0 Å². The number of nitrogens with zero attached hydrogens (tertiary/aromatic N) is 5. The van der Waals surface area contributed by atoms with Gasteiger partial charge in [-0.15, -0.1) is 0 Å². The van der Waals surface area contributed by atoms with Gasteiger partial charge in [-0.3, -0.25) is 0 Å². The van der Waals surface area contributed by atoms with Crippen LogP contribution in [0.3, 0.4) is 0 Å². The van der Waals surface area contributed by atoms with Crippen molar-refractivity contribution in [1.82, 2.24) is 24.1 Å². The van der Waals surface area contributed by atoms with Gasteiger partial charge in [0.15, 0.2) is 17.5 Å². The van der Waals surface area contributed by atoms with Crippen molar-refractivity contribution < 1.29 is 0 Å². The molecule has 0 bridgehead atoms. The fourth-order valence-electron chi connectivity index (χ4n) is 9.06. The van der Waals surface area contributed by atoms with Crippen molar-refractivity contribution in [3.8, 4) is 67.8 Å². The van der Waals surface area contributed by atoms with Gasteiger partial charge in [0.2, 0.25) is 0 Å². The van der Waals surface area contributed by atoms with Crippen LogP contribution in [0, 0.1) is 0 Å². The molecule has 290 valence electrons. The molecule has 0 saturated heterocycles. The highest BCUT2D eigenvalue weighted by atomic mass is 15.0. The molecule has 0 aliphatic heterocycles. The highest BCUT2D eigenvalue weighted by Crippen LogP contribution is 2.38. The average molecular weight is 792 g/mol. The number of aromatic nitrogens is 5. The molecule has 0 atom stereocenters. The zero-order valence-corrected chi connectivity index (χ0v) is 33.6. The van der Waals surface area contributed by atoms with E-state index in [0.717, 1.165) is 50.2 Å². The molecule has 3 heterocycles. The van der Waals surface area contributed by atoms with Crippen molar-refractivity contribution in [1.29, 1.82) is 0 Å². The summed E-state index contributed by atoms with van der Waals surface area (Å²) >= 11 is 0. The molecule has 12 aromatic rings. The van der Waals surface area contributed by atoms with Gasteiger partial charge in [-0.25, -0.2) is 15.0 Å². The first-order valence-corrected chi connectivity index (χ1v) is 20.9. The van der Waals surface area contributed by atoms with Crippen molar-refractivity contribution in [2.45, 2.75) is 0 Å². The van der Waals surface area contributed by atoms with Crippen LogP contribution in [-0.4, -0.2) is 24.1 Å². The Morgan fingerprint density at radius 3 is 1.18 bits per heavy atom. The predicted molar refractivity (Wildman–Crippen MR) is 256 cm³/mol. The van der Waals surface area contributed by atoms with Gasteiger partial charge in [0.05, 0.1) is 22.1 Å². The summed E-state index contributed by atoms with van der Waals surface area (Å²) in [5.74, 6) is 1.86. The smallest absolute Gasteiger partial charge is 0.164 e. The minimum atomic E-state index is 0.613. The molecule has 0 aliphatic carbocycles. The topological polar surface area (TPSA) is 48.5 Å². The van der Waals surface area contributed by atoms with Crippen LogP contribution >= 0.6 is 0 Å². The van der Waals surface area contributed by atoms with E-state index < -0.39 is 0 Å². The number of rotatable bonds is 7. The molecule has 0 aliphatic rings. The normalized spacial score (nSPS) is 11.5. The van der Waals surface area contributed by atoms with E-state index in [-0.39, 0.29) is 0 Å². The van der Waals surface area contributed by atoms with Gasteiger partial charge in [-0.1, -0.05) is 164 Å². The molecule has 0 saturated carbocycles. The Bertz CT molecular complexity index is 3590. The summed E-state index contributed by atoms with van der Waals surface area (Å²) in [6.45, 7) is 0. The van der Waals surface area contributed by atoms with Crippen molar-refractivity contribution in [2.75, 3.05) is 0 Å². The molecule has 62 heavy (non-hydrogen) atoms. The highest BCUT2D eigenvalue weighted by Gasteiger charge is 2.18. The molecule has 0 amide bonds. The maximum atomic E-state index is 5.20. The Morgan fingerprint density at radius 1 is 0.226 bits per heavy atom. The summed E-state index contributed by atoms with van der Waals surface area (Å²) in [5, 5.41) is 4.88. The highest BCUT2D eigenvalue weighted by molar-refractivity contribution is 6.12. The summed E-state index contributed by atoms with van der Waals surface area (Å²) in [5.41, 5.74) is 14.2. The Balaban J connectivity index is 0.984. The minimum Gasteiger partial charge on any atom is -0.309 e. The Morgan fingerprint density at radius 2 is 0.597 bits per heavy atom. The van der Waals surface area contributed by atoms with E-state index in [1.54, 1.807) is 0 Å². The second-order valence-corrected chi connectivity index (χ2v) is 15.7. The van der Waals surface area contributed by atoms with E-state index >= 15 is 0 Å². The van der Waals surface area contributed by atoms with E-state index in [1.165, 1.54) is 43.7 Å². The zero-order valence-electron chi connectivity index (χ0n) is 33.6. The lowest BCUT2D eigenvalue weighted by atomic mass is 9.98. The fraction of sp³-hybridized carbons (Fsp3) is 0. The molecule has 0 N–H and O–H groups in total. The number of benzene rings is 9. The Labute approximate surface area is 358 Å². The number of hydrogen-bond acceptors (Lipinski definition) is 3. The predicted octanol–water partition coefficient (Wildman–Crippen LogP) is 14.4. The molecule has 0 fully saturated rings.